The van der Waals surface area contributed by atoms with Crippen LogP contribution in [0.15, 0.2) is 22.8 Å². The molecule has 0 unspecified atom stereocenters. The number of ether oxygens (including phenoxy) is 1. The van der Waals surface area contributed by atoms with Crippen molar-refractivity contribution < 1.29 is 9.15 Å². The molecule has 0 atom stereocenters. The second kappa shape index (κ2) is 7.26. The minimum atomic E-state index is 0.549. The van der Waals surface area contributed by atoms with Gasteiger partial charge in [-0.1, -0.05) is 0 Å². The molecule has 0 spiro atoms. The summed E-state index contributed by atoms with van der Waals surface area (Å²) in [5.74, 6) is 0.875. The maximum atomic E-state index is 5.53. The first-order chi connectivity index (χ1) is 9.68. The standard InChI is InChI=1S/C15H23N3O2/c1-12-15(13(2)18(3)17-12)10-16-7-5-8-19-11-14-6-4-9-20-14/h4,6,9,16H,5,7-8,10-11H2,1-3H3. The van der Waals surface area contributed by atoms with Gasteiger partial charge in [0.1, 0.15) is 12.4 Å². The zero-order valence-corrected chi connectivity index (χ0v) is 12.5. The highest BCUT2D eigenvalue weighted by atomic mass is 16.5. The summed E-state index contributed by atoms with van der Waals surface area (Å²) < 4.78 is 12.7. The van der Waals surface area contributed by atoms with E-state index in [1.54, 1.807) is 6.26 Å². The normalized spacial score (nSPS) is 11.2. The van der Waals surface area contributed by atoms with E-state index < -0.39 is 0 Å². The first-order valence-electron chi connectivity index (χ1n) is 6.98. The number of nitrogens with zero attached hydrogens (tertiary/aromatic N) is 2. The first-order valence-corrected chi connectivity index (χ1v) is 6.98. The second-order valence-corrected chi connectivity index (χ2v) is 4.94. The van der Waals surface area contributed by atoms with Crippen molar-refractivity contribution in [2.45, 2.75) is 33.4 Å². The number of hydrogen-bond donors (Lipinski definition) is 1. The summed E-state index contributed by atoms with van der Waals surface area (Å²) in [5, 5.41) is 7.84. The van der Waals surface area contributed by atoms with Gasteiger partial charge in [-0.3, -0.25) is 4.68 Å². The predicted molar refractivity (Wildman–Crippen MR) is 77.4 cm³/mol. The molecule has 0 saturated heterocycles. The molecule has 1 N–H and O–H groups in total. The van der Waals surface area contributed by atoms with Crippen molar-refractivity contribution in [3.63, 3.8) is 0 Å². The largest absolute Gasteiger partial charge is 0.467 e. The molecule has 0 aliphatic rings. The summed E-state index contributed by atoms with van der Waals surface area (Å²) in [5.41, 5.74) is 3.62. The van der Waals surface area contributed by atoms with Gasteiger partial charge in [0.05, 0.1) is 12.0 Å². The van der Waals surface area contributed by atoms with E-state index in [0.29, 0.717) is 6.61 Å². The van der Waals surface area contributed by atoms with Crippen LogP contribution in [-0.2, 0) is 24.9 Å². The lowest BCUT2D eigenvalue weighted by Crippen LogP contribution is -2.17. The molecular weight excluding hydrogens is 254 g/mol. The molecule has 2 aromatic rings. The van der Waals surface area contributed by atoms with E-state index in [2.05, 4.69) is 24.3 Å². The average Bonchev–Trinajstić information content (AvgIpc) is 3.01. The molecule has 0 saturated carbocycles. The Hall–Kier alpha value is -1.59. The second-order valence-electron chi connectivity index (χ2n) is 4.94. The monoisotopic (exact) mass is 277 g/mol. The zero-order chi connectivity index (χ0) is 14.4. The zero-order valence-electron chi connectivity index (χ0n) is 12.5. The van der Waals surface area contributed by atoms with Crippen molar-refractivity contribution in [2.24, 2.45) is 7.05 Å². The van der Waals surface area contributed by atoms with Crippen LogP contribution in [0.1, 0.15) is 29.1 Å². The van der Waals surface area contributed by atoms with Gasteiger partial charge < -0.3 is 14.5 Å². The molecule has 0 radical (unpaired) electrons. The lowest BCUT2D eigenvalue weighted by molar-refractivity contribution is 0.104. The summed E-state index contributed by atoms with van der Waals surface area (Å²) in [7, 11) is 1.98. The van der Waals surface area contributed by atoms with Gasteiger partial charge in [-0.25, -0.2) is 0 Å². The van der Waals surface area contributed by atoms with Crippen LogP contribution >= 0.6 is 0 Å². The van der Waals surface area contributed by atoms with Crippen molar-refractivity contribution in [1.82, 2.24) is 15.1 Å². The Morgan fingerprint density at radius 1 is 1.40 bits per heavy atom. The third-order valence-electron chi connectivity index (χ3n) is 3.43. The lowest BCUT2D eigenvalue weighted by atomic mass is 10.2. The van der Waals surface area contributed by atoms with Crippen LogP contribution < -0.4 is 5.32 Å². The number of hydrogen-bond acceptors (Lipinski definition) is 4. The summed E-state index contributed by atoms with van der Waals surface area (Å²) in [6.07, 6.45) is 2.65. The van der Waals surface area contributed by atoms with Crippen molar-refractivity contribution >= 4 is 0 Å². The maximum absolute atomic E-state index is 5.53. The van der Waals surface area contributed by atoms with E-state index in [0.717, 1.165) is 37.6 Å². The van der Waals surface area contributed by atoms with Crippen molar-refractivity contribution in [3.8, 4) is 0 Å². The third kappa shape index (κ3) is 3.95. The van der Waals surface area contributed by atoms with E-state index in [-0.39, 0.29) is 0 Å². The summed E-state index contributed by atoms with van der Waals surface area (Å²) >= 11 is 0. The van der Waals surface area contributed by atoms with Crippen molar-refractivity contribution in [3.05, 3.63) is 41.1 Å². The predicted octanol–water partition coefficient (Wildman–Crippen LogP) is 2.33. The first kappa shape index (κ1) is 14.8. The van der Waals surface area contributed by atoms with Gasteiger partial charge >= 0.3 is 0 Å². The SMILES string of the molecule is Cc1nn(C)c(C)c1CNCCCOCc1ccco1. The van der Waals surface area contributed by atoms with Crippen LogP contribution in [0.3, 0.4) is 0 Å². The minimum Gasteiger partial charge on any atom is -0.467 e. The Morgan fingerprint density at radius 3 is 2.90 bits per heavy atom. The van der Waals surface area contributed by atoms with Crippen LogP contribution in [0.2, 0.25) is 0 Å². The fourth-order valence-corrected chi connectivity index (χ4v) is 2.15. The van der Waals surface area contributed by atoms with E-state index >= 15 is 0 Å². The van der Waals surface area contributed by atoms with E-state index in [1.165, 1.54) is 11.3 Å². The van der Waals surface area contributed by atoms with Crippen LogP contribution in [0, 0.1) is 13.8 Å². The van der Waals surface area contributed by atoms with E-state index in [1.807, 2.05) is 23.9 Å². The lowest BCUT2D eigenvalue weighted by Gasteiger charge is -2.06. The van der Waals surface area contributed by atoms with Crippen molar-refractivity contribution in [2.75, 3.05) is 13.2 Å². The van der Waals surface area contributed by atoms with Crippen LogP contribution in [0.25, 0.3) is 0 Å². The molecule has 110 valence electrons. The number of furan rings is 1. The van der Waals surface area contributed by atoms with Crippen LogP contribution in [0.5, 0.6) is 0 Å². The Morgan fingerprint density at radius 2 is 2.25 bits per heavy atom. The highest BCUT2D eigenvalue weighted by molar-refractivity contribution is 5.23. The Balaban J connectivity index is 1.57. The highest BCUT2D eigenvalue weighted by Crippen LogP contribution is 2.11. The van der Waals surface area contributed by atoms with Gasteiger partial charge in [0.2, 0.25) is 0 Å². The highest BCUT2D eigenvalue weighted by Gasteiger charge is 2.07. The number of aromatic nitrogens is 2. The Kier molecular flexibility index (Phi) is 5.38. The molecule has 5 heteroatoms. The van der Waals surface area contributed by atoms with E-state index in [9.17, 15) is 0 Å². The summed E-state index contributed by atoms with van der Waals surface area (Å²) in [6, 6.07) is 3.80. The number of rotatable bonds is 8. The molecule has 0 amide bonds. The molecule has 2 heterocycles. The molecule has 2 aromatic heterocycles. The number of nitrogens with one attached hydrogen (secondary N) is 1. The smallest absolute Gasteiger partial charge is 0.129 e. The topological polar surface area (TPSA) is 52.2 Å². The van der Waals surface area contributed by atoms with Gasteiger partial charge in [0.15, 0.2) is 0 Å². The van der Waals surface area contributed by atoms with Crippen molar-refractivity contribution in [1.29, 1.82) is 0 Å². The maximum Gasteiger partial charge on any atom is 0.129 e. The molecule has 5 nitrogen and oxygen atoms in total. The molecule has 0 bridgehead atoms. The molecular formula is C15H23N3O2. The van der Waals surface area contributed by atoms with Gasteiger partial charge in [-0.05, 0) is 38.9 Å². The molecule has 0 aliphatic carbocycles. The van der Waals surface area contributed by atoms with Crippen LogP contribution in [-0.4, -0.2) is 22.9 Å². The summed E-state index contributed by atoms with van der Waals surface area (Å²) in [6.45, 7) is 7.24. The van der Waals surface area contributed by atoms with E-state index in [4.69, 9.17) is 9.15 Å². The molecule has 0 fully saturated rings. The molecule has 0 aromatic carbocycles. The van der Waals surface area contributed by atoms with Crippen LogP contribution in [0.4, 0.5) is 0 Å². The molecule has 2 rings (SSSR count). The fraction of sp³-hybridized carbons (Fsp3) is 0.533. The number of aryl methyl sites for hydroxylation is 2. The summed E-state index contributed by atoms with van der Waals surface area (Å²) in [4.78, 5) is 0. The molecule has 0 aliphatic heterocycles. The van der Waals surface area contributed by atoms with Gasteiger partial charge in [0, 0.05) is 31.5 Å². The minimum absolute atomic E-state index is 0.549. The quantitative estimate of drug-likeness (QED) is 0.752. The Labute approximate surface area is 119 Å². The van der Waals surface area contributed by atoms with Gasteiger partial charge in [-0.2, -0.15) is 5.10 Å². The third-order valence-corrected chi connectivity index (χ3v) is 3.43. The Bertz CT molecular complexity index is 517. The van der Waals surface area contributed by atoms with Gasteiger partial charge in [-0.15, -0.1) is 0 Å². The average molecular weight is 277 g/mol. The van der Waals surface area contributed by atoms with Gasteiger partial charge in [0.25, 0.3) is 0 Å². The fourth-order valence-electron chi connectivity index (χ4n) is 2.15. The molecule has 20 heavy (non-hydrogen) atoms.